The summed E-state index contributed by atoms with van der Waals surface area (Å²) in [5.74, 6) is -0.297. The molecule has 0 aliphatic carbocycles. The van der Waals surface area contributed by atoms with E-state index in [1.807, 2.05) is 38.1 Å². The van der Waals surface area contributed by atoms with E-state index in [0.29, 0.717) is 5.69 Å². The molecule has 0 unspecified atom stereocenters. The van der Waals surface area contributed by atoms with Crippen LogP contribution in [0, 0.1) is 32.1 Å². The summed E-state index contributed by atoms with van der Waals surface area (Å²) in [6.45, 7) is 5.46. The van der Waals surface area contributed by atoms with Crippen molar-refractivity contribution < 1.29 is 4.79 Å². The normalized spacial score (nSPS) is 10.1. The number of benzene rings is 1. The highest BCUT2D eigenvalue weighted by atomic mass is 16.2. The molecule has 1 N–H and O–H groups in total. The average Bonchev–Trinajstić information content (AvgIpc) is 2.47. The fourth-order valence-electron chi connectivity index (χ4n) is 2.16. The van der Waals surface area contributed by atoms with Crippen molar-refractivity contribution in [3.63, 3.8) is 0 Å². The standard InChI is InChI=1S/C17H17N3O2/c1-11-4-5-12(2)15(8-11)19-16(21)10-20-13(3)6-7-14(9-18)17(20)22/h4-8H,10H2,1-3H3,(H,19,21). The summed E-state index contributed by atoms with van der Waals surface area (Å²) in [4.78, 5) is 24.3. The molecule has 0 radical (unpaired) electrons. The molecule has 0 bridgehead atoms. The van der Waals surface area contributed by atoms with E-state index in [2.05, 4.69) is 5.32 Å². The third-order valence-corrected chi connectivity index (χ3v) is 3.48. The first-order chi connectivity index (χ1) is 10.4. The van der Waals surface area contributed by atoms with E-state index in [4.69, 9.17) is 5.26 Å². The Morgan fingerprint density at radius 1 is 1.23 bits per heavy atom. The number of hydrogen-bond donors (Lipinski definition) is 1. The van der Waals surface area contributed by atoms with Gasteiger partial charge in [0.15, 0.2) is 0 Å². The fraction of sp³-hybridized carbons (Fsp3) is 0.235. The van der Waals surface area contributed by atoms with Gasteiger partial charge in [0.1, 0.15) is 18.2 Å². The van der Waals surface area contributed by atoms with Crippen LogP contribution in [0.15, 0.2) is 35.1 Å². The van der Waals surface area contributed by atoms with E-state index in [1.54, 1.807) is 13.0 Å². The predicted octanol–water partition coefficient (Wildman–Crippen LogP) is 2.28. The second-order valence-electron chi connectivity index (χ2n) is 5.26. The summed E-state index contributed by atoms with van der Waals surface area (Å²) in [6, 6.07) is 10.7. The van der Waals surface area contributed by atoms with Gasteiger partial charge in [-0.1, -0.05) is 12.1 Å². The number of rotatable bonds is 3. The Morgan fingerprint density at radius 2 is 1.95 bits per heavy atom. The van der Waals surface area contributed by atoms with Crippen LogP contribution in [0.2, 0.25) is 0 Å². The van der Waals surface area contributed by atoms with Gasteiger partial charge >= 0.3 is 0 Å². The summed E-state index contributed by atoms with van der Waals surface area (Å²) in [7, 11) is 0. The van der Waals surface area contributed by atoms with E-state index < -0.39 is 5.56 Å². The summed E-state index contributed by atoms with van der Waals surface area (Å²) >= 11 is 0. The number of nitriles is 1. The van der Waals surface area contributed by atoms with Crippen LogP contribution in [0.1, 0.15) is 22.4 Å². The lowest BCUT2D eigenvalue weighted by atomic mass is 10.1. The smallest absolute Gasteiger partial charge is 0.269 e. The molecule has 0 fully saturated rings. The molecule has 5 nitrogen and oxygen atoms in total. The quantitative estimate of drug-likeness (QED) is 0.944. The number of aryl methyl sites for hydroxylation is 3. The highest BCUT2D eigenvalue weighted by molar-refractivity contribution is 5.91. The molecule has 0 saturated heterocycles. The second kappa shape index (κ2) is 6.27. The van der Waals surface area contributed by atoms with Crippen LogP contribution in [0.5, 0.6) is 0 Å². The van der Waals surface area contributed by atoms with E-state index in [9.17, 15) is 9.59 Å². The number of nitrogens with one attached hydrogen (secondary N) is 1. The third kappa shape index (κ3) is 3.23. The summed E-state index contributed by atoms with van der Waals surface area (Å²) in [5.41, 5.74) is 2.95. The predicted molar refractivity (Wildman–Crippen MR) is 84.7 cm³/mol. The van der Waals surface area contributed by atoms with Crippen molar-refractivity contribution in [1.82, 2.24) is 4.57 Å². The molecule has 112 valence electrons. The maximum atomic E-state index is 12.2. The van der Waals surface area contributed by atoms with Gasteiger partial charge in [0.25, 0.3) is 5.56 Å². The second-order valence-corrected chi connectivity index (χ2v) is 5.26. The molecule has 0 aliphatic rings. The van der Waals surface area contributed by atoms with Crippen LogP contribution in [0.25, 0.3) is 0 Å². The number of aromatic nitrogens is 1. The Labute approximate surface area is 128 Å². The molecule has 0 spiro atoms. The lowest BCUT2D eigenvalue weighted by molar-refractivity contribution is -0.116. The van der Waals surface area contributed by atoms with Gasteiger partial charge < -0.3 is 9.88 Å². The maximum Gasteiger partial charge on any atom is 0.269 e. The Balaban J connectivity index is 2.25. The zero-order valence-corrected chi connectivity index (χ0v) is 12.8. The molecule has 5 heteroatoms. The molecule has 2 aromatic rings. The van der Waals surface area contributed by atoms with Crippen molar-refractivity contribution in [2.45, 2.75) is 27.3 Å². The van der Waals surface area contributed by atoms with Gasteiger partial charge in [-0.15, -0.1) is 0 Å². The van der Waals surface area contributed by atoms with E-state index >= 15 is 0 Å². The molecule has 0 atom stereocenters. The van der Waals surface area contributed by atoms with Crippen LogP contribution in [0.3, 0.4) is 0 Å². The van der Waals surface area contributed by atoms with Gasteiger partial charge in [0.05, 0.1) is 0 Å². The number of nitrogens with zero attached hydrogens (tertiary/aromatic N) is 2. The van der Waals surface area contributed by atoms with Crippen molar-refractivity contribution in [2.24, 2.45) is 0 Å². The fourth-order valence-corrected chi connectivity index (χ4v) is 2.16. The molecule has 22 heavy (non-hydrogen) atoms. The van der Waals surface area contributed by atoms with Crippen LogP contribution in [-0.4, -0.2) is 10.5 Å². The molecule has 0 aliphatic heterocycles. The van der Waals surface area contributed by atoms with E-state index in [1.165, 1.54) is 10.6 Å². The minimum atomic E-state index is -0.446. The van der Waals surface area contributed by atoms with Crippen molar-refractivity contribution in [2.75, 3.05) is 5.32 Å². The molecule has 1 amide bonds. The highest BCUT2D eigenvalue weighted by Crippen LogP contribution is 2.16. The minimum Gasteiger partial charge on any atom is -0.324 e. The minimum absolute atomic E-state index is 0.0325. The third-order valence-electron chi connectivity index (χ3n) is 3.48. The molecular formula is C17H17N3O2. The molecule has 1 heterocycles. The number of hydrogen-bond acceptors (Lipinski definition) is 3. The molecule has 2 rings (SSSR count). The lowest BCUT2D eigenvalue weighted by Gasteiger charge is -2.12. The molecule has 1 aromatic carbocycles. The maximum absolute atomic E-state index is 12.2. The first kappa shape index (κ1) is 15.5. The van der Waals surface area contributed by atoms with Crippen molar-refractivity contribution >= 4 is 11.6 Å². The Bertz CT molecular complexity index is 829. The lowest BCUT2D eigenvalue weighted by Crippen LogP contribution is -2.30. The van der Waals surface area contributed by atoms with Crippen LogP contribution < -0.4 is 10.9 Å². The topological polar surface area (TPSA) is 74.9 Å². The van der Waals surface area contributed by atoms with Gasteiger partial charge in [-0.3, -0.25) is 9.59 Å². The first-order valence-electron chi connectivity index (χ1n) is 6.90. The summed E-state index contributed by atoms with van der Waals surface area (Å²) in [5, 5.41) is 11.7. The Kier molecular flexibility index (Phi) is 4.42. The van der Waals surface area contributed by atoms with Gasteiger partial charge in [0, 0.05) is 11.4 Å². The number of carbonyl (C=O) groups excluding carboxylic acids is 1. The average molecular weight is 295 g/mol. The zero-order chi connectivity index (χ0) is 16.3. The number of amides is 1. The largest absolute Gasteiger partial charge is 0.324 e. The first-order valence-corrected chi connectivity index (χ1v) is 6.90. The Hall–Kier alpha value is -2.87. The Morgan fingerprint density at radius 3 is 2.64 bits per heavy atom. The molecule has 1 aromatic heterocycles. The number of pyridine rings is 1. The van der Waals surface area contributed by atoms with Crippen molar-refractivity contribution in [3.8, 4) is 6.07 Å². The van der Waals surface area contributed by atoms with Crippen LogP contribution in [0.4, 0.5) is 5.69 Å². The molecule has 0 saturated carbocycles. The van der Waals surface area contributed by atoms with Crippen molar-refractivity contribution in [3.05, 3.63) is 63.1 Å². The molecular weight excluding hydrogens is 278 g/mol. The van der Waals surface area contributed by atoms with Gasteiger partial charge in [-0.2, -0.15) is 5.26 Å². The van der Waals surface area contributed by atoms with Crippen LogP contribution in [-0.2, 0) is 11.3 Å². The van der Waals surface area contributed by atoms with Crippen LogP contribution >= 0.6 is 0 Å². The SMILES string of the molecule is Cc1ccc(C)c(NC(=O)Cn2c(C)ccc(C#N)c2=O)c1. The van der Waals surface area contributed by atoms with Gasteiger partial charge in [0.2, 0.25) is 5.91 Å². The van der Waals surface area contributed by atoms with E-state index in [-0.39, 0.29) is 18.0 Å². The zero-order valence-electron chi connectivity index (χ0n) is 12.8. The van der Waals surface area contributed by atoms with Crippen molar-refractivity contribution in [1.29, 1.82) is 5.26 Å². The summed E-state index contributed by atoms with van der Waals surface area (Å²) in [6.07, 6.45) is 0. The van der Waals surface area contributed by atoms with Gasteiger partial charge in [-0.05, 0) is 50.1 Å². The van der Waals surface area contributed by atoms with Gasteiger partial charge in [-0.25, -0.2) is 0 Å². The highest BCUT2D eigenvalue weighted by Gasteiger charge is 2.11. The number of anilines is 1. The number of carbonyl (C=O) groups is 1. The summed E-state index contributed by atoms with van der Waals surface area (Å²) < 4.78 is 1.30. The monoisotopic (exact) mass is 295 g/mol. The van der Waals surface area contributed by atoms with E-state index in [0.717, 1.165) is 16.8 Å².